The van der Waals surface area contributed by atoms with E-state index < -0.39 is 28.4 Å². The standard InChI is InChI=1S/C32H37FN4O5S/c1-7-32(41)19-10-23-26-17(12-37(23)29(39)18(19)13-42-30(32)40)25-21(36-28(38)27(34)31(5,6)43-14(2)3)9-8-16-15(4)20(33)11-22(35-26)24(16)25/h10-11,14,21,27,41H,7-9,12-13,34H2,1-6H3,(H,36,38)/t21-,27+,32-/m0/s1. The normalized spacial score (nSPS) is 21.3. The summed E-state index contributed by atoms with van der Waals surface area (Å²) in [4.78, 5) is 44.9. The lowest BCUT2D eigenvalue weighted by atomic mass is 9.81. The van der Waals surface area contributed by atoms with Crippen LogP contribution >= 0.6 is 11.8 Å². The molecule has 1 amide bonds. The maximum absolute atomic E-state index is 15.2. The summed E-state index contributed by atoms with van der Waals surface area (Å²) < 4.78 is 21.4. The summed E-state index contributed by atoms with van der Waals surface area (Å²) in [5.74, 6) is -1.45. The molecule has 2 aromatic heterocycles. The summed E-state index contributed by atoms with van der Waals surface area (Å²) in [5, 5.41) is 15.5. The van der Waals surface area contributed by atoms with Crippen LogP contribution in [0.15, 0.2) is 16.9 Å². The van der Waals surface area contributed by atoms with E-state index in [9.17, 15) is 19.5 Å². The van der Waals surface area contributed by atoms with Crippen molar-refractivity contribution in [2.24, 2.45) is 5.73 Å². The van der Waals surface area contributed by atoms with E-state index in [1.165, 1.54) is 6.07 Å². The zero-order valence-corrected chi connectivity index (χ0v) is 26.1. The van der Waals surface area contributed by atoms with Crippen LogP contribution in [0.3, 0.4) is 0 Å². The second kappa shape index (κ2) is 10.1. The van der Waals surface area contributed by atoms with E-state index in [1.54, 1.807) is 36.2 Å². The van der Waals surface area contributed by atoms with Crippen LogP contribution in [0, 0.1) is 12.7 Å². The molecule has 4 heterocycles. The molecule has 9 nitrogen and oxygen atoms in total. The Hall–Kier alpha value is -3.28. The number of halogens is 1. The van der Waals surface area contributed by atoms with Crippen molar-refractivity contribution in [3.63, 3.8) is 0 Å². The number of carbonyl (C=O) groups excluding carboxylic acids is 2. The van der Waals surface area contributed by atoms with Crippen molar-refractivity contribution < 1.29 is 23.8 Å². The molecule has 3 aliphatic rings. The number of benzene rings is 1. The van der Waals surface area contributed by atoms with Gasteiger partial charge in [-0.2, -0.15) is 11.8 Å². The Morgan fingerprint density at radius 3 is 2.70 bits per heavy atom. The third-order valence-electron chi connectivity index (χ3n) is 9.27. The Labute approximate surface area is 253 Å². The predicted octanol–water partition coefficient (Wildman–Crippen LogP) is 3.88. The number of ether oxygens (including phenoxy) is 1. The molecule has 0 fully saturated rings. The molecule has 1 aliphatic carbocycles. The van der Waals surface area contributed by atoms with Crippen molar-refractivity contribution >= 4 is 34.5 Å². The summed E-state index contributed by atoms with van der Waals surface area (Å²) in [7, 11) is 0. The molecule has 0 radical (unpaired) electrons. The quantitative estimate of drug-likeness (QED) is 0.281. The van der Waals surface area contributed by atoms with Gasteiger partial charge < -0.3 is 25.5 Å². The number of thioether (sulfide) groups is 1. The van der Waals surface area contributed by atoms with Crippen LogP contribution in [-0.4, -0.2) is 42.6 Å². The number of amides is 1. The molecule has 43 heavy (non-hydrogen) atoms. The van der Waals surface area contributed by atoms with Crippen molar-refractivity contribution in [1.29, 1.82) is 0 Å². The lowest BCUT2D eigenvalue weighted by Crippen LogP contribution is -2.53. The van der Waals surface area contributed by atoms with Gasteiger partial charge in [-0.25, -0.2) is 14.2 Å². The minimum atomic E-state index is -1.96. The number of nitrogens with one attached hydrogen (secondary N) is 1. The van der Waals surface area contributed by atoms with E-state index in [0.29, 0.717) is 35.3 Å². The maximum atomic E-state index is 15.2. The fourth-order valence-corrected chi connectivity index (χ4v) is 8.43. The van der Waals surface area contributed by atoms with Crippen LogP contribution in [0.1, 0.15) is 86.9 Å². The van der Waals surface area contributed by atoms with Crippen LogP contribution < -0.4 is 16.6 Å². The number of aliphatic hydroxyl groups is 1. The zero-order valence-electron chi connectivity index (χ0n) is 25.3. The molecule has 3 atom stereocenters. The molecular formula is C32H37FN4O5S. The number of aromatic nitrogens is 2. The number of esters is 1. The number of carbonyl (C=O) groups is 2. The molecule has 2 aliphatic heterocycles. The number of nitrogens with two attached hydrogens (primary N) is 1. The lowest BCUT2D eigenvalue weighted by molar-refractivity contribution is -0.172. The van der Waals surface area contributed by atoms with Gasteiger partial charge >= 0.3 is 5.97 Å². The Kier molecular flexibility index (Phi) is 7.02. The second-order valence-electron chi connectivity index (χ2n) is 12.7. The number of pyridine rings is 2. The Bertz CT molecular complexity index is 1780. The van der Waals surface area contributed by atoms with Gasteiger partial charge in [-0.05, 0) is 68.0 Å². The molecule has 1 aromatic carbocycles. The summed E-state index contributed by atoms with van der Waals surface area (Å²) >= 11 is 1.64. The molecule has 4 N–H and O–H groups in total. The van der Waals surface area contributed by atoms with Crippen molar-refractivity contribution in [2.45, 2.75) is 102 Å². The Morgan fingerprint density at radius 1 is 1.30 bits per heavy atom. The summed E-state index contributed by atoms with van der Waals surface area (Å²) in [6.07, 6.45) is 1.10. The van der Waals surface area contributed by atoms with Gasteiger partial charge in [-0.15, -0.1) is 0 Å². The molecule has 0 bridgehead atoms. The smallest absolute Gasteiger partial charge is 0.343 e. The molecule has 0 unspecified atom stereocenters. The predicted molar refractivity (Wildman–Crippen MR) is 163 cm³/mol. The topological polar surface area (TPSA) is 137 Å². The summed E-state index contributed by atoms with van der Waals surface area (Å²) in [5.41, 5.74) is 8.87. The van der Waals surface area contributed by atoms with Gasteiger partial charge in [0.05, 0.1) is 41.1 Å². The van der Waals surface area contributed by atoms with E-state index in [-0.39, 0.29) is 53.2 Å². The number of cyclic esters (lactones) is 1. The molecule has 0 saturated heterocycles. The van der Waals surface area contributed by atoms with Crippen molar-refractivity contribution in [1.82, 2.24) is 14.9 Å². The first-order valence-corrected chi connectivity index (χ1v) is 15.6. The summed E-state index contributed by atoms with van der Waals surface area (Å²) in [6.45, 7) is 11.4. The Balaban J connectivity index is 1.53. The number of hydrogen-bond acceptors (Lipinski definition) is 8. The zero-order chi connectivity index (χ0) is 31.2. The van der Waals surface area contributed by atoms with E-state index in [4.69, 9.17) is 15.5 Å². The molecule has 228 valence electrons. The third-order valence-corrected chi connectivity index (χ3v) is 10.6. The van der Waals surface area contributed by atoms with Gasteiger partial charge in [0, 0.05) is 27.3 Å². The van der Waals surface area contributed by atoms with Crippen molar-refractivity contribution in [3.8, 4) is 11.4 Å². The van der Waals surface area contributed by atoms with Crippen LogP contribution in [0.2, 0.25) is 0 Å². The molecule has 6 rings (SSSR count). The molecule has 11 heteroatoms. The van der Waals surface area contributed by atoms with E-state index in [2.05, 4.69) is 19.2 Å². The van der Waals surface area contributed by atoms with Crippen LogP contribution in [-0.2, 0) is 39.5 Å². The van der Waals surface area contributed by atoms with Crippen LogP contribution in [0.5, 0.6) is 0 Å². The number of hydrogen-bond donors (Lipinski definition) is 3. The second-order valence-corrected chi connectivity index (χ2v) is 14.9. The highest BCUT2D eigenvalue weighted by molar-refractivity contribution is 8.01. The van der Waals surface area contributed by atoms with Gasteiger partial charge in [0.15, 0.2) is 5.60 Å². The fourth-order valence-electron chi connectivity index (χ4n) is 6.96. The monoisotopic (exact) mass is 608 g/mol. The van der Waals surface area contributed by atoms with Crippen LogP contribution in [0.25, 0.3) is 22.3 Å². The first-order chi connectivity index (χ1) is 20.2. The summed E-state index contributed by atoms with van der Waals surface area (Å²) in [6, 6.07) is 1.82. The first kappa shape index (κ1) is 29.8. The van der Waals surface area contributed by atoms with E-state index in [0.717, 1.165) is 22.1 Å². The molecule has 3 aromatic rings. The van der Waals surface area contributed by atoms with Crippen molar-refractivity contribution in [3.05, 3.63) is 61.7 Å². The van der Waals surface area contributed by atoms with Gasteiger partial charge in [0.1, 0.15) is 12.4 Å². The largest absolute Gasteiger partial charge is 0.458 e. The van der Waals surface area contributed by atoms with Gasteiger partial charge in [-0.1, -0.05) is 20.8 Å². The highest BCUT2D eigenvalue weighted by atomic mass is 32.2. The number of nitrogens with zero attached hydrogens (tertiary/aromatic N) is 2. The molecule has 0 saturated carbocycles. The van der Waals surface area contributed by atoms with Gasteiger partial charge in [-0.3, -0.25) is 9.59 Å². The molecule has 0 spiro atoms. The van der Waals surface area contributed by atoms with Crippen molar-refractivity contribution in [2.75, 3.05) is 0 Å². The molecular weight excluding hydrogens is 571 g/mol. The highest BCUT2D eigenvalue weighted by Gasteiger charge is 2.46. The number of rotatable bonds is 6. The van der Waals surface area contributed by atoms with Crippen LogP contribution in [0.4, 0.5) is 4.39 Å². The highest BCUT2D eigenvalue weighted by Crippen LogP contribution is 2.46. The van der Waals surface area contributed by atoms with E-state index in [1.807, 2.05) is 13.8 Å². The third kappa shape index (κ3) is 4.42. The average molecular weight is 609 g/mol. The number of aryl methyl sites for hydroxylation is 1. The Morgan fingerprint density at radius 2 is 2.02 bits per heavy atom. The van der Waals surface area contributed by atoms with E-state index >= 15 is 4.39 Å². The minimum absolute atomic E-state index is 0.0264. The van der Waals surface area contributed by atoms with Gasteiger partial charge in [0.2, 0.25) is 5.91 Å². The lowest BCUT2D eigenvalue weighted by Gasteiger charge is -2.34. The average Bonchev–Trinajstić information content (AvgIpc) is 3.32. The SMILES string of the molecule is CC[C@@]1(O)C(=O)OCc2c1cc1n(c2=O)Cc2c-1nc1cc(F)c(C)c3c1c2[C@@H](NC(=O)[C@@H](N)C(C)(C)SC(C)C)CC3. The van der Waals surface area contributed by atoms with Gasteiger partial charge in [0.25, 0.3) is 5.56 Å². The fraction of sp³-hybridized carbons (Fsp3) is 0.500. The maximum Gasteiger partial charge on any atom is 0.343 e. The number of fused-ring (bicyclic) bond motifs is 5. The first-order valence-electron chi connectivity index (χ1n) is 14.7. The minimum Gasteiger partial charge on any atom is -0.458 e.